The van der Waals surface area contributed by atoms with Crippen LogP contribution in [0, 0.1) is 0 Å². The molecular formula is C16H52B2Fm2N4O6+2. The summed E-state index contributed by atoms with van der Waals surface area (Å²) >= 11 is 0. The van der Waals surface area contributed by atoms with E-state index in [1.54, 1.807) is 40.1 Å². The summed E-state index contributed by atoms with van der Waals surface area (Å²) in [6, 6.07) is 0. The van der Waals surface area contributed by atoms with Gasteiger partial charge in [0.2, 0.25) is 0 Å². The zero-order valence-electron chi connectivity index (χ0n) is 18.6. The molecule has 0 aromatic carbocycles. The first-order chi connectivity index (χ1) is 12.5. The molecule has 0 saturated heterocycles. The van der Waals surface area contributed by atoms with Crippen LogP contribution in [0.25, 0.3) is 0 Å². The predicted octanol–water partition coefficient (Wildman–Crippen LogP) is 1.90. The fourth-order valence-corrected chi connectivity index (χ4v) is 0.211. The van der Waals surface area contributed by atoms with Crippen LogP contribution in [0.5, 0.6) is 0 Å². The first-order valence-electron chi connectivity index (χ1n) is 6.97. The fraction of sp³-hybridized carbons (Fsp3) is 0.750. The van der Waals surface area contributed by atoms with Gasteiger partial charge in [-0.25, -0.2) is 11.8 Å². The second kappa shape index (κ2) is 380. The summed E-state index contributed by atoms with van der Waals surface area (Å²) in [5.41, 5.74) is 0. The largest absolute Gasteiger partial charge is 0.399 e. The van der Waals surface area contributed by atoms with E-state index in [0.29, 0.717) is 0 Å². The van der Waals surface area contributed by atoms with Crippen LogP contribution >= 0.6 is 0 Å². The van der Waals surface area contributed by atoms with E-state index in [2.05, 4.69) is 58.2 Å². The van der Waals surface area contributed by atoms with E-state index in [1.807, 2.05) is 0 Å². The van der Waals surface area contributed by atoms with Crippen LogP contribution in [0.15, 0.2) is 10.3 Å². The summed E-state index contributed by atoms with van der Waals surface area (Å²) in [7, 11) is 13.3. The van der Waals surface area contributed by atoms with Gasteiger partial charge in [-0.1, -0.05) is 29.7 Å². The van der Waals surface area contributed by atoms with Crippen molar-refractivity contribution in [1.29, 1.82) is 2.67 Å². The molecule has 0 saturated carbocycles. The van der Waals surface area contributed by atoms with Crippen LogP contribution in [0.2, 0.25) is 0 Å². The van der Waals surface area contributed by atoms with Crippen molar-refractivity contribution >= 4 is 41.8 Å². The Morgan fingerprint density at radius 2 is 0.767 bits per heavy atom. The Morgan fingerprint density at radius 1 is 0.667 bits per heavy atom. The van der Waals surface area contributed by atoms with Crippen molar-refractivity contribution in [3.8, 4) is 0 Å². The van der Waals surface area contributed by atoms with Crippen molar-refractivity contribution in [2.45, 2.75) is 57.4 Å². The van der Waals surface area contributed by atoms with Crippen LogP contribution in [-0.2, 0) is 19.4 Å². The zero-order chi connectivity index (χ0) is 23.1. The molecule has 0 aliphatic carbocycles. The monoisotopic (exact) mass is 937 g/mol. The van der Waals surface area contributed by atoms with E-state index in [4.69, 9.17) is 12.3 Å². The average Bonchev–Trinajstić information content (AvgIpc) is 2.63. The van der Waals surface area contributed by atoms with Crippen molar-refractivity contribution in [1.82, 2.24) is 0 Å². The maximum Gasteiger partial charge on any atom is 0.278 e. The number of hydrogen-bond acceptors (Lipinski definition) is 8. The Kier molecular flexibility index (Phi) is 1040. The Balaban J connectivity index is -0.00000000958. The molecule has 10 nitrogen and oxygen atoms in total. The summed E-state index contributed by atoms with van der Waals surface area (Å²) < 4.78 is 10.5. The topological polar surface area (TPSA) is 156 Å². The van der Waals surface area contributed by atoms with Gasteiger partial charge in [0.15, 0.2) is 0 Å². The number of nitrogens with two attached hydrogens (primary N) is 2. The zero-order valence-corrected chi connectivity index (χ0v) is 21.4. The molecule has 0 rings (SSSR count). The smallest absolute Gasteiger partial charge is 0.278 e. The van der Waals surface area contributed by atoms with Gasteiger partial charge in [-0.2, -0.15) is 0 Å². The normalized spacial score (nSPS) is 5.53. The summed E-state index contributed by atoms with van der Waals surface area (Å²) in [5, 5.41) is 6.69. The van der Waals surface area contributed by atoms with E-state index in [9.17, 15) is 0 Å². The molecule has 14 heteroatoms. The molecule has 0 aromatic rings. The Labute approximate surface area is 182 Å². The Hall–Kier alpha value is -3.75. The number of nitrogens with zero attached hydrogens (tertiary/aromatic N) is 2. The summed E-state index contributed by atoms with van der Waals surface area (Å²) in [6.07, 6.45) is 5.17. The van der Waals surface area contributed by atoms with Crippen LogP contribution in [0.1, 0.15) is 57.4 Å². The quantitative estimate of drug-likeness (QED) is 0.142. The minimum absolute atomic E-state index is 0. The van der Waals surface area contributed by atoms with Gasteiger partial charge in [0.25, 0.3) is 12.6 Å². The molecular weight excluding hydrogens is 880 g/mol. The molecule has 0 fully saturated rings. The van der Waals surface area contributed by atoms with Crippen molar-refractivity contribution in [2.75, 3.05) is 28.4 Å². The van der Waals surface area contributed by atoms with Crippen molar-refractivity contribution in [3.63, 3.8) is 0 Å². The van der Waals surface area contributed by atoms with Crippen molar-refractivity contribution < 1.29 is 28.9 Å². The first-order valence-corrected chi connectivity index (χ1v) is 5.81. The molecule has 0 bridgehead atoms. The second-order valence-electron chi connectivity index (χ2n) is 2.08. The molecule has 0 heterocycles. The van der Waals surface area contributed by atoms with Gasteiger partial charge >= 0.3 is 0 Å². The van der Waals surface area contributed by atoms with E-state index in [0.717, 1.165) is 12.6 Å². The third-order valence-corrected chi connectivity index (χ3v) is 0.422. The Bertz CT molecular complexity index is 207. The second-order valence-corrected chi connectivity index (χ2v) is 2.08. The fourth-order valence-electron chi connectivity index (χ4n) is 0.211. The summed E-state index contributed by atoms with van der Waals surface area (Å²) in [4.78, 5) is 30.9. The molecule has 0 aromatic heterocycles. The van der Waals surface area contributed by atoms with E-state index in [-0.39, 0.29) is 29.7 Å². The molecule has 0 aliphatic heterocycles. The number of carbonyl (C=O) groups excluding carboxylic acids is 2. The number of oxime groups is 2. The van der Waals surface area contributed by atoms with Crippen molar-refractivity contribution in [2.24, 2.45) is 22.1 Å². The molecule has 4 radical (unpaired) electrons. The van der Waals surface area contributed by atoms with Crippen molar-refractivity contribution in [3.05, 3.63) is 0 Å². The molecule has 0 unspecified atom stereocenters. The van der Waals surface area contributed by atoms with Crippen LogP contribution < -0.4 is 11.8 Å². The van der Waals surface area contributed by atoms with E-state index < -0.39 is 0 Å². The predicted molar refractivity (Wildman–Crippen MR) is 133 cm³/mol. The van der Waals surface area contributed by atoms with Crippen LogP contribution in [-0.4, -0.2) is 82.5 Å². The minimum atomic E-state index is 0. The van der Waals surface area contributed by atoms with Gasteiger partial charge in [0.1, 0.15) is 14.2 Å². The van der Waals surface area contributed by atoms with E-state index in [1.165, 1.54) is 28.4 Å². The molecule has 0 atom stereocenters. The standard InChI is InChI=1S/2C3H7NO.2C2H4O.2CH5NO.4CH4.2BH.2Fm/c2*1-3-4-5-2;2*1-2-3;2*1-3-2;;;;;;;;/h2*3H,1-2H3;2*2H,1H3;2*2H2,1H3;4*1H4;2*1H;;/p+2/i;;;;;;;;;;2*1T;;. The SMILES string of the molecule is C.C.C.C.CC=NOC.CC=NOC.CC=[OH+].CC=[OH+].CON.CON.[3H][B].[3H][B].[Fm].[Fm]. The molecule has 0 aliphatic rings. The van der Waals surface area contributed by atoms with Gasteiger partial charge < -0.3 is 19.4 Å². The third kappa shape index (κ3) is 210000. The Morgan fingerprint density at radius 3 is 0.767 bits per heavy atom. The van der Waals surface area contributed by atoms with Crippen LogP contribution in [0.3, 0.4) is 0 Å². The molecule has 0 spiro atoms. The maximum absolute atomic E-state index is 7.44. The molecule has 200 valence electrons. The third-order valence-electron chi connectivity index (χ3n) is 0.422. The van der Waals surface area contributed by atoms with Gasteiger partial charge in [-0.05, 0) is 16.5 Å². The number of hydrogen-bond donors (Lipinski definition) is 2. The van der Waals surface area contributed by atoms with E-state index >= 15 is 0 Å². The minimum Gasteiger partial charge on any atom is -0.399 e. The molecule has 30 heavy (non-hydrogen) atoms. The summed E-state index contributed by atoms with van der Waals surface area (Å²) in [5.74, 6) is 8.69. The number of rotatable bonds is 2. The van der Waals surface area contributed by atoms with Gasteiger partial charge in [-0.3, -0.25) is 9.59 Å². The maximum atomic E-state index is 7.44. The van der Waals surface area contributed by atoms with Gasteiger partial charge in [0.05, 0.1) is 14.2 Å². The first kappa shape index (κ1) is 82.4. The van der Waals surface area contributed by atoms with Gasteiger partial charge in [0, 0.05) is 43.0 Å². The molecule has 0 amide bonds. The van der Waals surface area contributed by atoms with Crippen LogP contribution in [0.4, 0.5) is 0 Å². The average molecular weight is 936 g/mol. The molecule has 6 N–H and O–H groups in total. The van der Waals surface area contributed by atoms with Gasteiger partial charge in [-0.15, -0.1) is 10.3 Å². The number of aldehydes is 2. The summed E-state index contributed by atoms with van der Waals surface area (Å²) in [6.45, 7) is 6.70.